The van der Waals surface area contributed by atoms with Gasteiger partial charge >= 0.3 is 0 Å². The van der Waals surface area contributed by atoms with Crippen LogP contribution >= 0.6 is 9.24 Å². The molecule has 0 fully saturated rings. The minimum absolute atomic E-state index is 0.491. The molecule has 0 aliphatic rings. The Balaban J connectivity index is 3.37. The quantitative estimate of drug-likeness (QED) is 0.583. The standard InChI is InChI=1S/C6H15OP/c1-3-5-6(7,8)4-2/h7H,3-5,8H2,1-2H3. The summed E-state index contributed by atoms with van der Waals surface area (Å²) in [5.41, 5.74) is 0. The molecule has 0 aromatic carbocycles. The highest BCUT2D eigenvalue weighted by Gasteiger charge is 2.14. The molecule has 0 amide bonds. The molecule has 2 heteroatoms. The summed E-state index contributed by atoms with van der Waals surface area (Å²) in [5, 5.41) is 8.79. The lowest BCUT2D eigenvalue weighted by Gasteiger charge is -2.19. The zero-order chi connectivity index (χ0) is 6.62. The summed E-state index contributed by atoms with van der Waals surface area (Å²) < 4.78 is 0. The van der Waals surface area contributed by atoms with Crippen LogP contribution in [0.4, 0.5) is 0 Å². The molecule has 0 saturated carbocycles. The van der Waals surface area contributed by atoms with E-state index in [1.807, 2.05) is 6.92 Å². The van der Waals surface area contributed by atoms with Crippen LogP contribution in [-0.2, 0) is 0 Å². The third-order valence-corrected chi connectivity index (χ3v) is 1.99. The van der Waals surface area contributed by atoms with Crippen molar-refractivity contribution in [2.45, 2.75) is 38.5 Å². The van der Waals surface area contributed by atoms with E-state index >= 15 is 0 Å². The van der Waals surface area contributed by atoms with E-state index < -0.39 is 5.34 Å². The van der Waals surface area contributed by atoms with Crippen molar-refractivity contribution in [2.24, 2.45) is 0 Å². The lowest BCUT2D eigenvalue weighted by molar-refractivity contribution is 0.121. The van der Waals surface area contributed by atoms with Crippen molar-refractivity contribution in [3.8, 4) is 0 Å². The zero-order valence-electron chi connectivity index (χ0n) is 5.65. The molecular weight excluding hydrogens is 119 g/mol. The molecule has 0 heterocycles. The molecule has 0 aromatic heterocycles. The van der Waals surface area contributed by atoms with Gasteiger partial charge in [-0.25, -0.2) is 0 Å². The second-order valence-corrected chi connectivity index (χ2v) is 3.28. The Morgan fingerprint density at radius 3 is 2.12 bits per heavy atom. The summed E-state index contributed by atoms with van der Waals surface area (Å²) in [4.78, 5) is 0. The van der Waals surface area contributed by atoms with Gasteiger partial charge in [-0.2, -0.15) is 0 Å². The van der Waals surface area contributed by atoms with Crippen LogP contribution in [0.1, 0.15) is 33.1 Å². The van der Waals surface area contributed by atoms with Crippen molar-refractivity contribution in [3.63, 3.8) is 0 Å². The summed E-state index contributed by atoms with van der Waals surface area (Å²) in [7, 11) is 2.47. The summed E-state index contributed by atoms with van der Waals surface area (Å²) in [5.74, 6) is 0. The van der Waals surface area contributed by atoms with E-state index in [2.05, 4.69) is 16.2 Å². The first-order valence-corrected chi connectivity index (χ1v) is 3.71. The average molecular weight is 134 g/mol. The van der Waals surface area contributed by atoms with Gasteiger partial charge in [-0.05, 0) is 12.8 Å². The van der Waals surface area contributed by atoms with Crippen LogP contribution in [0.25, 0.3) is 0 Å². The van der Waals surface area contributed by atoms with Crippen LogP contribution in [0, 0.1) is 0 Å². The fraction of sp³-hybridized carbons (Fsp3) is 1.00. The number of aliphatic hydroxyl groups is 1. The Kier molecular flexibility index (Phi) is 3.59. The molecule has 50 valence electrons. The van der Waals surface area contributed by atoms with Gasteiger partial charge in [-0.15, -0.1) is 9.24 Å². The van der Waals surface area contributed by atoms with Gasteiger partial charge < -0.3 is 5.11 Å². The molecule has 0 aromatic rings. The minimum atomic E-state index is -0.491. The molecule has 0 saturated heterocycles. The van der Waals surface area contributed by atoms with Crippen molar-refractivity contribution < 1.29 is 5.11 Å². The topological polar surface area (TPSA) is 20.2 Å². The van der Waals surface area contributed by atoms with E-state index in [4.69, 9.17) is 0 Å². The second-order valence-electron chi connectivity index (χ2n) is 2.21. The Morgan fingerprint density at radius 1 is 1.50 bits per heavy atom. The largest absolute Gasteiger partial charge is 0.386 e. The molecule has 0 rings (SSSR count). The predicted molar refractivity (Wildman–Crippen MR) is 39.9 cm³/mol. The SMILES string of the molecule is CCCC(O)(P)CC. The van der Waals surface area contributed by atoms with Gasteiger partial charge in [0.05, 0.1) is 5.34 Å². The Morgan fingerprint density at radius 2 is 2.00 bits per heavy atom. The first-order valence-electron chi connectivity index (χ1n) is 3.13. The van der Waals surface area contributed by atoms with E-state index in [1.54, 1.807) is 0 Å². The molecule has 0 radical (unpaired) electrons. The summed E-state index contributed by atoms with van der Waals surface area (Å²) in [6.45, 7) is 4.06. The molecular formula is C6H15OP. The Hall–Kier alpha value is 0.390. The second kappa shape index (κ2) is 3.42. The molecule has 1 N–H and O–H groups in total. The van der Waals surface area contributed by atoms with Gasteiger partial charge in [0.15, 0.2) is 0 Å². The first-order chi connectivity index (χ1) is 3.62. The molecule has 8 heavy (non-hydrogen) atoms. The lowest BCUT2D eigenvalue weighted by Crippen LogP contribution is -2.16. The molecule has 0 aliphatic carbocycles. The van der Waals surface area contributed by atoms with Crippen molar-refractivity contribution >= 4 is 9.24 Å². The highest BCUT2D eigenvalue weighted by Crippen LogP contribution is 2.23. The molecule has 0 aliphatic heterocycles. The van der Waals surface area contributed by atoms with Crippen LogP contribution in [0.15, 0.2) is 0 Å². The smallest absolute Gasteiger partial charge is 0.0775 e. The maximum absolute atomic E-state index is 9.29. The van der Waals surface area contributed by atoms with Crippen molar-refractivity contribution in [1.29, 1.82) is 0 Å². The summed E-state index contributed by atoms with van der Waals surface area (Å²) >= 11 is 0. The van der Waals surface area contributed by atoms with E-state index in [-0.39, 0.29) is 0 Å². The zero-order valence-corrected chi connectivity index (χ0v) is 6.80. The Bertz CT molecular complexity index is 61.5. The van der Waals surface area contributed by atoms with Gasteiger partial charge in [0, 0.05) is 0 Å². The molecule has 1 nitrogen and oxygen atoms in total. The van der Waals surface area contributed by atoms with E-state index in [9.17, 15) is 5.11 Å². The highest BCUT2D eigenvalue weighted by molar-refractivity contribution is 7.18. The van der Waals surface area contributed by atoms with Gasteiger partial charge in [0.1, 0.15) is 0 Å². The van der Waals surface area contributed by atoms with E-state index in [0.717, 1.165) is 19.3 Å². The highest BCUT2D eigenvalue weighted by atomic mass is 31.0. The average Bonchev–Trinajstić information content (AvgIpc) is 1.67. The van der Waals surface area contributed by atoms with Crippen molar-refractivity contribution in [2.75, 3.05) is 0 Å². The number of hydrogen-bond donors (Lipinski definition) is 1. The summed E-state index contributed by atoms with van der Waals surface area (Å²) in [6, 6.07) is 0. The summed E-state index contributed by atoms with van der Waals surface area (Å²) in [6.07, 6.45) is 2.76. The predicted octanol–water partition coefficient (Wildman–Crippen LogP) is 1.76. The number of hydrogen-bond acceptors (Lipinski definition) is 1. The van der Waals surface area contributed by atoms with E-state index in [1.165, 1.54) is 0 Å². The van der Waals surface area contributed by atoms with Gasteiger partial charge in [0.2, 0.25) is 0 Å². The van der Waals surface area contributed by atoms with Gasteiger partial charge in [-0.3, -0.25) is 0 Å². The maximum Gasteiger partial charge on any atom is 0.0775 e. The van der Waals surface area contributed by atoms with Crippen LogP contribution < -0.4 is 0 Å². The molecule has 2 atom stereocenters. The fourth-order valence-corrected chi connectivity index (χ4v) is 0.898. The van der Waals surface area contributed by atoms with Crippen LogP contribution in [0.2, 0.25) is 0 Å². The maximum atomic E-state index is 9.29. The third kappa shape index (κ3) is 3.40. The van der Waals surface area contributed by atoms with Crippen molar-refractivity contribution in [1.82, 2.24) is 0 Å². The van der Waals surface area contributed by atoms with E-state index in [0.29, 0.717) is 0 Å². The minimum Gasteiger partial charge on any atom is -0.386 e. The monoisotopic (exact) mass is 134 g/mol. The fourth-order valence-electron chi connectivity index (χ4n) is 0.610. The van der Waals surface area contributed by atoms with Crippen LogP contribution in [0.3, 0.4) is 0 Å². The Labute approximate surface area is 53.7 Å². The molecule has 2 unspecified atom stereocenters. The van der Waals surface area contributed by atoms with Gasteiger partial charge in [0.25, 0.3) is 0 Å². The first kappa shape index (κ1) is 8.39. The lowest BCUT2D eigenvalue weighted by atomic mass is 10.1. The van der Waals surface area contributed by atoms with Crippen LogP contribution in [0.5, 0.6) is 0 Å². The van der Waals surface area contributed by atoms with Gasteiger partial charge in [-0.1, -0.05) is 20.3 Å². The van der Waals surface area contributed by atoms with Crippen LogP contribution in [-0.4, -0.2) is 10.4 Å². The molecule has 0 bridgehead atoms. The molecule has 0 spiro atoms. The van der Waals surface area contributed by atoms with Crippen molar-refractivity contribution in [3.05, 3.63) is 0 Å². The number of rotatable bonds is 3. The normalized spacial score (nSPS) is 18.0. The third-order valence-electron chi connectivity index (χ3n) is 1.30.